The first-order chi connectivity index (χ1) is 20.6. The lowest BCUT2D eigenvalue weighted by Crippen LogP contribution is -2.54. The quantitative estimate of drug-likeness (QED) is 0.103. The summed E-state index contributed by atoms with van der Waals surface area (Å²) in [6.45, 7) is 14.9. The third-order valence-corrected chi connectivity index (χ3v) is 13.8. The molecule has 0 aliphatic heterocycles. The molecule has 43 heavy (non-hydrogen) atoms. The van der Waals surface area contributed by atoms with E-state index in [9.17, 15) is 9.90 Å². The third-order valence-electron chi connectivity index (χ3n) is 13.8. The summed E-state index contributed by atoms with van der Waals surface area (Å²) in [5, 5.41) is 9.50. The van der Waals surface area contributed by atoms with Crippen molar-refractivity contribution in [1.29, 1.82) is 0 Å². The molecule has 3 fully saturated rings. The Morgan fingerprint density at radius 2 is 1.58 bits per heavy atom. The lowest BCUT2D eigenvalue weighted by Gasteiger charge is -2.61. The maximum Gasteiger partial charge on any atom is 0.506 e. The molecule has 0 radical (unpaired) electrons. The van der Waals surface area contributed by atoms with Crippen molar-refractivity contribution in [3.63, 3.8) is 0 Å². The van der Waals surface area contributed by atoms with Crippen molar-refractivity contribution in [3.8, 4) is 0 Å². The van der Waals surface area contributed by atoms with Gasteiger partial charge in [0.2, 0.25) is 0 Å². The van der Waals surface area contributed by atoms with Crippen LogP contribution < -0.4 is 0 Å². The van der Waals surface area contributed by atoms with E-state index in [2.05, 4.69) is 47.6 Å². The van der Waals surface area contributed by atoms with Crippen molar-refractivity contribution in [2.24, 2.45) is 52.3 Å². The van der Waals surface area contributed by atoms with Crippen molar-refractivity contribution < 1.29 is 14.6 Å². The van der Waals surface area contributed by atoms with E-state index in [0.29, 0.717) is 11.3 Å². The average Bonchev–Trinajstić information content (AvgIpc) is 3.31. The summed E-state index contributed by atoms with van der Waals surface area (Å²) in [5.74, 6) is 5.56. The highest BCUT2D eigenvalue weighted by Gasteiger charge is 2.61. The van der Waals surface area contributed by atoms with Crippen LogP contribution >= 0.6 is 0 Å². The highest BCUT2D eigenvalue weighted by Crippen LogP contribution is 2.68. The van der Waals surface area contributed by atoms with E-state index in [4.69, 9.17) is 4.74 Å². The Morgan fingerprint density at radius 1 is 0.907 bits per heavy atom. The monoisotopic (exact) mass is 599 g/mol. The van der Waals surface area contributed by atoms with Crippen molar-refractivity contribution in [2.75, 3.05) is 0 Å². The van der Waals surface area contributed by atoms with Crippen LogP contribution in [0.1, 0.15) is 176 Å². The highest BCUT2D eigenvalue weighted by molar-refractivity contribution is 5.57. The van der Waals surface area contributed by atoms with Crippen LogP contribution in [0.3, 0.4) is 0 Å². The molecule has 0 aromatic rings. The maximum atomic E-state index is 11.6. The molecule has 0 heterocycles. The zero-order chi connectivity index (χ0) is 31.0. The molecular weight excluding hydrogens is 528 g/mol. The maximum absolute atomic E-state index is 11.6. The topological polar surface area (TPSA) is 46.5 Å². The van der Waals surface area contributed by atoms with Crippen LogP contribution in [0.5, 0.6) is 0 Å². The summed E-state index contributed by atoms with van der Waals surface area (Å²) in [4.78, 5) is 11.6. The number of hydrogen-bond donors (Lipinski definition) is 1. The molecule has 0 saturated heterocycles. The van der Waals surface area contributed by atoms with Crippen molar-refractivity contribution in [1.82, 2.24) is 0 Å². The summed E-state index contributed by atoms with van der Waals surface area (Å²) in [5.41, 5.74) is 2.29. The van der Waals surface area contributed by atoms with Gasteiger partial charge in [-0.25, -0.2) is 4.79 Å². The Bertz CT molecular complexity index is 892. The van der Waals surface area contributed by atoms with Crippen LogP contribution in [-0.2, 0) is 4.74 Å². The van der Waals surface area contributed by atoms with E-state index in [0.717, 1.165) is 48.3 Å². The fourth-order valence-electron chi connectivity index (χ4n) is 11.4. The SMILES string of the molecule is CCCCCCCCCCCCC1C[C@H](OC(=O)O)CC2=CC[C@H]3[C@@H]4CC[C@H]([C@H](C)CCCC(C)C)[C@@]4(C)CC[C@@H]3[C@]21C. The molecule has 4 rings (SSSR count). The molecule has 4 aliphatic carbocycles. The molecule has 1 N–H and O–H groups in total. The van der Waals surface area contributed by atoms with Gasteiger partial charge in [0.05, 0.1) is 0 Å². The van der Waals surface area contributed by atoms with Gasteiger partial charge < -0.3 is 9.84 Å². The Labute approximate surface area is 266 Å². The minimum atomic E-state index is -1.09. The van der Waals surface area contributed by atoms with Gasteiger partial charge in [-0.05, 0) is 97.2 Å². The van der Waals surface area contributed by atoms with Gasteiger partial charge in [-0.1, -0.05) is 137 Å². The van der Waals surface area contributed by atoms with Gasteiger partial charge in [-0.3, -0.25) is 0 Å². The lowest BCUT2D eigenvalue weighted by molar-refractivity contribution is -0.0842. The van der Waals surface area contributed by atoms with Crippen molar-refractivity contribution in [3.05, 3.63) is 11.6 Å². The fourth-order valence-corrected chi connectivity index (χ4v) is 11.4. The molecule has 248 valence electrons. The minimum absolute atomic E-state index is 0.155. The van der Waals surface area contributed by atoms with E-state index >= 15 is 0 Å². The van der Waals surface area contributed by atoms with Crippen LogP contribution in [0, 0.1) is 52.3 Å². The Kier molecular flexibility index (Phi) is 13.0. The van der Waals surface area contributed by atoms with Crippen LogP contribution in [0.4, 0.5) is 4.79 Å². The number of hydrogen-bond acceptors (Lipinski definition) is 2. The predicted octanol–water partition coefficient (Wildman–Crippen LogP) is 12.6. The second kappa shape index (κ2) is 16.0. The van der Waals surface area contributed by atoms with Gasteiger partial charge in [-0.2, -0.15) is 0 Å². The summed E-state index contributed by atoms with van der Waals surface area (Å²) in [7, 11) is 0. The van der Waals surface area contributed by atoms with Gasteiger partial charge in [0.25, 0.3) is 0 Å². The smallest absolute Gasteiger partial charge is 0.450 e. The van der Waals surface area contributed by atoms with Crippen molar-refractivity contribution >= 4 is 6.16 Å². The largest absolute Gasteiger partial charge is 0.506 e. The first-order valence-electron chi connectivity index (χ1n) is 19.2. The lowest BCUT2D eigenvalue weighted by atomic mass is 9.44. The number of unbranched alkanes of at least 4 members (excludes halogenated alkanes) is 9. The number of ether oxygens (including phenoxy) is 1. The van der Waals surface area contributed by atoms with Crippen LogP contribution in [-0.4, -0.2) is 17.4 Å². The molecule has 0 spiro atoms. The van der Waals surface area contributed by atoms with Gasteiger partial charge in [0, 0.05) is 6.42 Å². The molecule has 3 saturated carbocycles. The molecule has 0 amide bonds. The summed E-state index contributed by atoms with van der Waals surface area (Å²) >= 11 is 0. The van der Waals surface area contributed by atoms with E-state index < -0.39 is 6.16 Å². The molecule has 4 aliphatic rings. The molecule has 0 bridgehead atoms. The summed E-state index contributed by atoms with van der Waals surface area (Å²) < 4.78 is 5.50. The molecule has 0 aromatic heterocycles. The zero-order valence-electron chi connectivity index (χ0n) is 29.3. The van der Waals surface area contributed by atoms with Gasteiger partial charge in [0.15, 0.2) is 0 Å². The van der Waals surface area contributed by atoms with E-state index in [1.54, 1.807) is 5.57 Å². The van der Waals surface area contributed by atoms with E-state index in [1.165, 1.54) is 122 Å². The molecule has 3 heteroatoms. The molecular formula is C40H70O3. The van der Waals surface area contributed by atoms with Crippen LogP contribution in [0.15, 0.2) is 11.6 Å². The number of rotatable bonds is 17. The standard InChI is InChI=1S/C40H70O3/c1-7-8-9-10-11-12-13-14-15-16-20-31-27-33(43-38(41)42)28-32-21-22-34-36-24-23-35(30(4)19-17-18-29(2)3)39(36,5)26-25-37(34)40(31,32)6/h21,29-31,33-37H,7-20,22-28H2,1-6H3,(H,41,42)/t30-,31?,33+,34+,35-,36+,37+,39-,40+/m1/s1. The Hall–Kier alpha value is -0.990. The summed E-state index contributed by atoms with van der Waals surface area (Å²) in [6.07, 6.45) is 29.1. The van der Waals surface area contributed by atoms with Crippen LogP contribution in [0.2, 0.25) is 0 Å². The Balaban J connectivity index is 1.40. The molecule has 0 aromatic carbocycles. The summed E-state index contributed by atoms with van der Waals surface area (Å²) in [6, 6.07) is 0. The van der Waals surface area contributed by atoms with Gasteiger partial charge >= 0.3 is 6.16 Å². The Morgan fingerprint density at radius 3 is 2.23 bits per heavy atom. The number of fused-ring (bicyclic) bond motifs is 5. The first-order valence-corrected chi connectivity index (χ1v) is 19.2. The average molecular weight is 599 g/mol. The third kappa shape index (κ3) is 8.24. The predicted molar refractivity (Wildman–Crippen MR) is 181 cm³/mol. The first kappa shape index (κ1) is 34.9. The van der Waals surface area contributed by atoms with Crippen LogP contribution in [0.25, 0.3) is 0 Å². The van der Waals surface area contributed by atoms with Gasteiger partial charge in [0.1, 0.15) is 6.10 Å². The molecule has 3 nitrogen and oxygen atoms in total. The molecule has 9 atom stereocenters. The zero-order valence-corrected chi connectivity index (χ0v) is 29.3. The van der Waals surface area contributed by atoms with E-state index in [-0.39, 0.29) is 11.5 Å². The second-order valence-electron chi connectivity index (χ2n) is 16.8. The normalized spacial score (nSPS) is 36.0. The second-order valence-corrected chi connectivity index (χ2v) is 16.8. The fraction of sp³-hybridized carbons (Fsp3) is 0.925. The molecule has 1 unspecified atom stereocenters. The number of carboxylic acid groups (broad SMARTS) is 1. The van der Waals surface area contributed by atoms with Gasteiger partial charge in [-0.15, -0.1) is 0 Å². The minimum Gasteiger partial charge on any atom is -0.450 e. The highest BCUT2D eigenvalue weighted by atomic mass is 16.7. The van der Waals surface area contributed by atoms with Crippen molar-refractivity contribution in [2.45, 2.75) is 182 Å². The number of carbonyl (C=O) groups is 1. The van der Waals surface area contributed by atoms with E-state index in [1.807, 2.05) is 0 Å². The number of allylic oxidation sites excluding steroid dienone is 1.